The first kappa shape index (κ1) is 31.0. The van der Waals surface area contributed by atoms with Crippen LogP contribution in [0.4, 0.5) is 0 Å². The average Bonchev–Trinajstić information content (AvgIpc) is 3.35. The molecule has 0 aliphatic heterocycles. The van der Waals surface area contributed by atoms with E-state index >= 15 is 0 Å². The van der Waals surface area contributed by atoms with Crippen LogP contribution < -0.4 is 9.47 Å². The molecule has 0 saturated heterocycles. The molecule has 45 heavy (non-hydrogen) atoms. The second kappa shape index (κ2) is 11.9. The van der Waals surface area contributed by atoms with E-state index in [4.69, 9.17) is 9.47 Å². The van der Waals surface area contributed by atoms with Gasteiger partial charge in [-0.1, -0.05) is 12.1 Å². The average molecular weight is 610 g/mol. The van der Waals surface area contributed by atoms with E-state index in [1.807, 2.05) is 36.4 Å². The van der Waals surface area contributed by atoms with E-state index in [-0.39, 0.29) is 69.7 Å². The molecule has 0 radical (unpaired) electrons. The molecule has 0 atom stereocenters. The number of ketones is 2. The third-order valence-corrected chi connectivity index (χ3v) is 8.30. The van der Waals surface area contributed by atoms with Crippen molar-refractivity contribution in [1.29, 1.82) is 0 Å². The van der Waals surface area contributed by atoms with E-state index in [9.17, 15) is 30.0 Å². The quantitative estimate of drug-likeness (QED) is 0.114. The van der Waals surface area contributed by atoms with Crippen molar-refractivity contribution >= 4 is 22.5 Å². The van der Waals surface area contributed by atoms with Gasteiger partial charge in [0.05, 0.1) is 30.9 Å². The SMILES string of the molecule is COc1cccc(OC)c1-c1ccc2[nH]c(Cc3c(O)c(C)cc(C(C)=O)c3O)c(Cc3c(O)c(C)cc(C(C)=O)c3O)c2c1. The zero-order valence-electron chi connectivity index (χ0n) is 26.0. The van der Waals surface area contributed by atoms with E-state index in [1.54, 1.807) is 28.1 Å². The molecule has 0 aliphatic rings. The van der Waals surface area contributed by atoms with Crippen LogP contribution in [0.5, 0.6) is 34.5 Å². The van der Waals surface area contributed by atoms with Gasteiger partial charge in [0.1, 0.15) is 34.5 Å². The maximum absolute atomic E-state index is 12.4. The van der Waals surface area contributed by atoms with Gasteiger partial charge >= 0.3 is 0 Å². The van der Waals surface area contributed by atoms with E-state index < -0.39 is 0 Å². The fraction of sp³-hybridized carbons (Fsp3) is 0.222. The normalized spacial score (nSPS) is 11.2. The summed E-state index contributed by atoms with van der Waals surface area (Å²) in [5.41, 5.74) is 4.72. The first-order valence-corrected chi connectivity index (χ1v) is 14.3. The Kier molecular flexibility index (Phi) is 8.21. The number of rotatable bonds is 9. The molecular weight excluding hydrogens is 574 g/mol. The van der Waals surface area contributed by atoms with Crippen molar-refractivity contribution < 1.29 is 39.5 Å². The van der Waals surface area contributed by atoms with Crippen molar-refractivity contribution in [2.75, 3.05) is 14.2 Å². The zero-order chi connectivity index (χ0) is 32.7. The Balaban J connectivity index is 1.80. The summed E-state index contributed by atoms with van der Waals surface area (Å²) in [6.45, 7) is 5.98. The first-order chi connectivity index (χ1) is 21.4. The molecule has 1 heterocycles. The third-order valence-electron chi connectivity index (χ3n) is 8.30. The number of carbonyl (C=O) groups excluding carboxylic acids is 2. The van der Waals surface area contributed by atoms with Crippen LogP contribution in [-0.4, -0.2) is 51.2 Å². The lowest BCUT2D eigenvalue weighted by Crippen LogP contribution is -2.03. The third kappa shape index (κ3) is 5.42. The van der Waals surface area contributed by atoms with Crippen molar-refractivity contribution in [3.8, 4) is 45.6 Å². The highest BCUT2D eigenvalue weighted by Gasteiger charge is 2.25. The maximum Gasteiger partial charge on any atom is 0.163 e. The van der Waals surface area contributed by atoms with Gasteiger partial charge in [-0.2, -0.15) is 0 Å². The zero-order valence-corrected chi connectivity index (χ0v) is 26.0. The van der Waals surface area contributed by atoms with Gasteiger partial charge < -0.3 is 34.9 Å². The molecular formula is C36H35NO8. The Morgan fingerprint density at radius 2 is 1.20 bits per heavy atom. The molecule has 0 amide bonds. The smallest absolute Gasteiger partial charge is 0.163 e. The molecule has 0 spiro atoms. The number of Topliss-reactive ketones (excluding diaryl/α,β-unsaturated/α-hetero) is 2. The molecule has 5 aromatic rings. The highest BCUT2D eigenvalue weighted by molar-refractivity contribution is 5.99. The van der Waals surface area contributed by atoms with Gasteiger partial charge in [0.15, 0.2) is 11.6 Å². The van der Waals surface area contributed by atoms with Crippen molar-refractivity contribution in [3.05, 3.63) is 93.2 Å². The molecule has 9 nitrogen and oxygen atoms in total. The minimum absolute atomic E-state index is 0.00558. The molecule has 0 aliphatic carbocycles. The number of aromatic nitrogens is 1. The predicted octanol–water partition coefficient (Wildman–Crippen LogP) is 6.88. The van der Waals surface area contributed by atoms with Crippen LogP contribution in [-0.2, 0) is 12.8 Å². The second-order valence-electron chi connectivity index (χ2n) is 11.2. The minimum Gasteiger partial charge on any atom is -0.507 e. The van der Waals surface area contributed by atoms with Crippen molar-refractivity contribution in [2.45, 2.75) is 40.5 Å². The monoisotopic (exact) mass is 609 g/mol. The number of fused-ring (bicyclic) bond motifs is 1. The van der Waals surface area contributed by atoms with E-state index in [1.165, 1.54) is 26.0 Å². The van der Waals surface area contributed by atoms with Gasteiger partial charge in [0.25, 0.3) is 0 Å². The summed E-state index contributed by atoms with van der Waals surface area (Å²) < 4.78 is 11.3. The van der Waals surface area contributed by atoms with Crippen LogP contribution in [0.25, 0.3) is 22.0 Å². The molecule has 9 heteroatoms. The number of carbonyl (C=O) groups is 2. The van der Waals surface area contributed by atoms with Gasteiger partial charge in [-0.25, -0.2) is 0 Å². The highest BCUT2D eigenvalue weighted by Crippen LogP contribution is 2.43. The molecule has 4 aromatic carbocycles. The van der Waals surface area contributed by atoms with Crippen molar-refractivity contribution in [2.24, 2.45) is 0 Å². The van der Waals surface area contributed by atoms with E-state index in [0.717, 1.165) is 16.5 Å². The van der Waals surface area contributed by atoms with Crippen LogP contribution in [0.2, 0.25) is 0 Å². The number of aromatic amines is 1. The Labute approximate surface area is 260 Å². The minimum atomic E-state index is -0.354. The Hall–Kier alpha value is -5.44. The highest BCUT2D eigenvalue weighted by atomic mass is 16.5. The molecule has 5 rings (SSSR count). The standard InChI is InChI=1S/C36H35NO8/c1-17-12-22(19(3)38)35(42)26(33(17)40)15-25-24-14-21(32-30(44-5)8-7-9-31(32)45-6)10-11-28(24)37-29(25)16-27-34(41)18(2)13-23(20(4)39)36(27)43/h7-14,37,40-43H,15-16H2,1-6H3. The maximum atomic E-state index is 12.4. The molecule has 1 aromatic heterocycles. The van der Waals surface area contributed by atoms with Gasteiger partial charge in [-0.15, -0.1) is 0 Å². The van der Waals surface area contributed by atoms with Crippen LogP contribution in [0.15, 0.2) is 48.5 Å². The molecule has 0 fully saturated rings. The molecule has 0 saturated carbocycles. The summed E-state index contributed by atoms with van der Waals surface area (Å²) in [4.78, 5) is 28.0. The fourth-order valence-corrected chi connectivity index (χ4v) is 5.90. The van der Waals surface area contributed by atoms with Gasteiger partial charge in [-0.3, -0.25) is 9.59 Å². The number of hydrogen-bond acceptors (Lipinski definition) is 8. The lowest BCUT2D eigenvalue weighted by atomic mass is 9.91. The molecule has 232 valence electrons. The number of phenolic OH excluding ortho intramolecular Hbond substituents is 4. The number of phenols is 4. The number of nitrogens with one attached hydrogen (secondary N) is 1. The summed E-state index contributed by atoms with van der Waals surface area (Å²) in [7, 11) is 3.14. The first-order valence-electron chi connectivity index (χ1n) is 14.3. The van der Waals surface area contributed by atoms with Crippen LogP contribution in [0, 0.1) is 13.8 Å². The Bertz CT molecular complexity index is 1980. The number of hydrogen-bond donors (Lipinski definition) is 5. The number of aromatic hydroxyl groups is 4. The summed E-state index contributed by atoms with van der Waals surface area (Å²) in [5.74, 6) is -0.469. The van der Waals surface area contributed by atoms with Gasteiger partial charge in [0.2, 0.25) is 0 Å². The molecule has 0 unspecified atom stereocenters. The van der Waals surface area contributed by atoms with E-state index in [2.05, 4.69) is 4.98 Å². The fourth-order valence-electron chi connectivity index (χ4n) is 5.90. The lowest BCUT2D eigenvalue weighted by Gasteiger charge is -2.16. The topological polar surface area (TPSA) is 149 Å². The van der Waals surface area contributed by atoms with Crippen molar-refractivity contribution in [1.82, 2.24) is 4.98 Å². The number of ether oxygens (including phenoxy) is 2. The molecule has 0 bridgehead atoms. The summed E-state index contributed by atoms with van der Waals surface area (Å²) in [5, 5.41) is 45.1. The number of methoxy groups -OCH3 is 2. The number of benzene rings is 4. The number of H-pyrrole nitrogens is 1. The molecule has 5 N–H and O–H groups in total. The number of aryl methyl sites for hydroxylation is 2. The Morgan fingerprint density at radius 1 is 0.689 bits per heavy atom. The van der Waals surface area contributed by atoms with Crippen LogP contribution >= 0.6 is 0 Å². The van der Waals surface area contributed by atoms with Gasteiger partial charge in [0, 0.05) is 40.6 Å². The van der Waals surface area contributed by atoms with E-state index in [0.29, 0.717) is 39.4 Å². The largest absolute Gasteiger partial charge is 0.507 e. The second-order valence-corrected chi connectivity index (χ2v) is 11.2. The summed E-state index contributed by atoms with van der Waals surface area (Å²) in [6, 6.07) is 14.1. The predicted molar refractivity (Wildman–Crippen MR) is 171 cm³/mol. The summed E-state index contributed by atoms with van der Waals surface area (Å²) in [6.07, 6.45) is -0.0156. The summed E-state index contributed by atoms with van der Waals surface area (Å²) >= 11 is 0. The Morgan fingerprint density at radius 3 is 1.69 bits per heavy atom. The lowest BCUT2D eigenvalue weighted by molar-refractivity contribution is 0.100. The van der Waals surface area contributed by atoms with Gasteiger partial charge in [-0.05, 0) is 86.3 Å². The van der Waals surface area contributed by atoms with Crippen molar-refractivity contribution in [3.63, 3.8) is 0 Å². The van der Waals surface area contributed by atoms with Crippen LogP contribution in [0.3, 0.4) is 0 Å². The van der Waals surface area contributed by atoms with Crippen LogP contribution in [0.1, 0.15) is 68.1 Å².